The molecule has 0 amide bonds. The molecule has 2 unspecified atom stereocenters. The lowest BCUT2D eigenvalue weighted by Crippen LogP contribution is -2.26. The fourth-order valence-electron chi connectivity index (χ4n) is 2.28. The Hall–Kier alpha value is -0.970. The number of anilines is 2. The number of hydrogen-bond acceptors (Lipinski definition) is 5. The highest BCUT2D eigenvalue weighted by Crippen LogP contribution is 2.30. The van der Waals surface area contributed by atoms with Crippen LogP contribution >= 0.6 is 11.8 Å². The van der Waals surface area contributed by atoms with E-state index < -0.39 is 0 Å². The largest absolute Gasteiger partial charge is 0.370 e. The van der Waals surface area contributed by atoms with E-state index >= 15 is 0 Å². The van der Waals surface area contributed by atoms with Gasteiger partial charge in [0.15, 0.2) is 0 Å². The van der Waals surface area contributed by atoms with Crippen molar-refractivity contribution in [2.75, 3.05) is 23.4 Å². The van der Waals surface area contributed by atoms with E-state index in [9.17, 15) is 0 Å². The molecule has 2 atom stereocenters. The molecule has 0 radical (unpaired) electrons. The van der Waals surface area contributed by atoms with Gasteiger partial charge in [-0.15, -0.1) is 0 Å². The van der Waals surface area contributed by atoms with Crippen molar-refractivity contribution in [1.29, 1.82) is 0 Å². The van der Waals surface area contributed by atoms with Crippen molar-refractivity contribution < 1.29 is 0 Å². The van der Waals surface area contributed by atoms with Crippen LogP contribution in [0.4, 0.5) is 11.6 Å². The third-order valence-corrected chi connectivity index (χ3v) is 4.28. The maximum absolute atomic E-state index is 4.28. The van der Waals surface area contributed by atoms with E-state index in [1.54, 1.807) is 6.33 Å². The number of rotatable bonds is 5. The van der Waals surface area contributed by atoms with Gasteiger partial charge < -0.3 is 10.6 Å². The van der Waals surface area contributed by atoms with Crippen molar-refractivity contribution in [3.63, 3.8) is 0 Å². The van der Waals surface area contributed by atoms with Gasteiger partial charge in [-0.25, -0.2) is 9.97 Å². The van der Waals surface area contributed by atoms with Crippen LogP contribution in [-0.4, -0.2) is 34.1 Å². The summed E-state index contributed by atoms with van der Waals surface area (Å²) < 4.78 is 0. The summed E-state index contributed by atoms with van der Waals surface area (Å²) in [7, 11) is 0. The first-order valence-corrected chi connectivity index (χ1v) is 7.47. The summed E-state index contributed by atoms with van der Waals surface area (Å²) in [6.07, 6.45) is 7.67. The second-order valence-corrected chi connectivity index (χ2v) is 5.35. The highest BCUT2D eigenvalue weighted by molar-refractivity contribution is 7.99. The second-order valence-electron chi connectivity index (χ2n) is 4.27. The Kier molecular flexibility index (Phi) is 4.48. The van der Waals surface area contributed by atoms with Gasteiger partial charge in [-0.1, -0.05) is 6.42 Å². The van der Waals surface area contributed by atoms with E-state index in [1.807, 2.05) is 17.8 Å². The van der Waals surface area contributed by atoms with Crippen molar-refractivity contribution in [3.8, 4) is 0 Å². The topological polar surface area (TPSA) is 49.8 Å². The third kappa shape index (κ3) is 3.25. The van der Waals surface area contributed by atoms with Gasteiger partial charge in [0.2, 0.25) is 0 Å². The molecular formula is C12H20N4S. The highest BCUT2D eigenvalue weighted by Gasteiger charge is 2.26. The predicted molar refractivity (Wildman–Crippen MR) is 74.8 cm³/mol. The van der Waals surface area contributed by atoms with Gasteiger partial charge in [-0.3, -0.25) is 0 Å². The first-order valence-electron chi connectivity index (χ1n) is 6.18. The normalized spacial score (nSPS) is 23.6. The van der Waals surface area contributed by atoms with Gasteiger partial charge in [0.25, 0.3) is 0 Å². The zero-order valence-corrected chi connectivity index (χ0v) is 11.3. The molecule has 0 bridgehead atoms. The SMILES string of the molecule is CCNc1cc(NC2CCCC2SC)ncn1. The second kappa shape index (κ2) is 6.10. The van der Waals surface area contributed by atoms with Crippen molar-refractivity contribution >= 4 is 23.4 Å². The third-order valence-electron chi connectivity index (χ3n) is 3.11. The highest BCUT2D eigenvalue weighted by atomic mass is 32.2. The van der Waals surface area contributed by atoms with Crippen LogP contribution in [0.2, 0.25) is 0 Å². The van der Waals surface area contributed by atoms with Gasteiger partial charge in [-0.2, -0.15) is 11.8 Å². The molecule has 1 heterocycles. The minimum atomic E-state index is 0.550. The Morgan fingerprint density at radius 2 is 2.18 bits per heavy atom. The van der Waals surface area contributed by atoms with Crippen molar-refractivity contribution in [1.82, 2.24) is 9.97 Å². The van der Waals surface area contributed by atoms with Crippen LogP contribution in [0.25, 0.3) is 0 Å². The van der Waals surface area contributed by atoms with E-state index in [-0.39, 0.29) is 0 Å². The van der Waals surface area contributed by atoms with Crippen LogP contribution in [0.1, 0.15) is 26.2 Å². The Labute approximate surface area is 107 Å². The molecular weight excluding hydrogens is 232 g/mol. The van der Waals surface area contributed by atoms with E-state index in [2.05, 4.69) is 33.8 Å². The average Bonchev–Trinajstić information content (AvgIpc) is 2.77. The molecule has 2 rings (SSSR count). The summed E-state index contributed by atoms with van der Waals surface area (Å²) in [6.45, 7) is 2.95. The Morgan fingerprint density at radius 3 is 2.94 bits per heavy atom. The number of nitrogens with zero attached hydrogens (tertiary/aromatic N) is 2. The standard InChI is InChI=1S/C12H20N4S/c1-3-13-11-7-12(15-8-14-11)16-9-5-4-6-10(9)17-2/h7-10H,3-6H2,1-2H3,(H2,13,14,15,16). The van der Waals surface area contributed by atoms with E-state index in [0.29, 0.717) is 11.3 Å². The van der Waals surface area contributed by atoms with Gasteiger partial charge in [0.1, 0.15) is 18.0 Å². The molecule has 1 aromatic heterocycles. The molecule has 17 heavy (non-hydrogen) atoms. The van der Waals surface area contributed by atoms with Gasteiger partial charge in [-0.05, 0) is 26.0 Å². The summed E-state index contributed by atoms with van der Waals surface area (Å²) in [6, 6.07) is 2.54. The summed E-state index contributed by atoms with van der Waals surface area (Å²) in [5, 5.41) is 7.45. The van der Waals surface area contributed by atoms with Crippen LogP contribution in [-0.2, 0) is 0 Å². The number of hydrogen-bond donors (Lipinski definition) is 2. The molecule has 0 aliphatic heterocycles. The predicted octanol–water partition coefficient (Wildman–Crippen LogP) is 2.60. The lowest BCUT2D eigenvalue weighted by molar-refractivity contribution is 0.762. The van der Waals surface area contributed by atoms with Gasteiger partial charge >= 0.3 is 0 Å². The maximum atomic E-state index is 4.28. The number of thioether (sulfide) groups is 1. The van der Waals surface area contributed by atoms with Crippen molar-refractivity contribution in [3.05, 3.63) is 12.4 Å². The lowest BCUT2D eigenvalue weighted by atomic mass is 10.2. The van der Waals surface area contributed by atoms with E-state index in [4.69, 9.17) is 0 Å². The molecule has 0 aromatic carbocycles. The van der Waals surface area contributed by atoms with Gasteiger partial charge in [0.05, 0.1) is 0 Å². The minimum absolute atomic E-state index is 0.550. The van der Waals surface area contributed by atoms with Gasteiger partial charge in [0, 0.05) is 23.9 Å². The zero-order chi connectivity index (χ0) is 12.1. The monoisotopic (exact) mass is 252 g/mol. The first-order chi connectivity index (χ1) is 8.33. The molecule has 0 saturated heterocycles. The zero-order valence-electron chi connectivity index (χ0n) is 10.4. The molecule has 0 spiro atoms. The molecule has 1 aromatic rings. The molecule has 1 saturated carbocycles. The fraction of sp³-hybridized carbons (Fsp3) is 0.667. The number of aromatic nitrogens is 2. The molecule has 5 heteroatoms. The molecule has 2 N–H and O–H groups in total. The molecule has 1 aliphatic rings. The quantitative estimate of drug-likeness (QED) is 0.843. The van der Waals surface area contributed by atoms with E-state index in [1.165, 1.54) is 19.3 Å². The Balaban J connectivity index is 2.00. The fourth-order valence-corrected chi connectivity index (χ4v) is 3.21. The maximum Gasteiger partial charge on any atom is 0.131 e. The summed E-state index contributed by atoms with van der Waals surface area (Å²) >= 11 is 1.95. The molecule has 1 aliphatic carbocycles. The van der Waals surface area contributed by atoms with Crippen LogP contribution in [0.15, 0.2) is 12.4 Å². The van der Waals surface area contributed by atoms with Crippen LogP contribution in [0.5, 0.6) is 0 Å². The smallest absolute Gasteiger partial charge is 0.131 e. The summed E-state index contributed by atoms with van der Waals surface area (Å²) in [5.41, 5.74) is 0. The lowest BCUT2D eigenvalue weighted by Gasteiger charge is -2.19. The number of nitrogens with one attached hydrogen (secondary N) is 2. The summed E-state index contributed by atoms with van der Waals surface area (Å²) in [5.74, 6) is 1.82. The molecule has 1 fully saturated rings. The van der Waals surface area contributed by atoms with E-state index in [0.717, 1.165) is 18.2 Å². The summed E-state index contributed by atoms with van der Waals surface area (Å²) in [4.78, 5) is 8.46. The van der Waals surface area contributed by atoms with Crippen LogP contribution in [0.3, 0.4) is 0 Å². The Bertz CT molecular complexity index is 358. The van der Waals surface area contributed by atoms with Crippen LogP contribution in [0, 0.1) is 0 Å². The Morgan fingerprint density at radius 1 is 1.35 bits per heavy atom. The average molecular weight is 252 g/mol. The van der Waals surface area contributed by atoms with Crippen molar-refractivity contribution in [2.45, 2.75) is 37.5 Å². The van der Waals surface area contributed by atoms with Crippen LogP contribution < -0.4 is 10.6 Å². The molecule has 94 valence electrons. The van der Waals surface area contributed by atoms with Crippen molar-refractivity contribution in [2.24, 2.45) is 0 Å². The first kappa shape index (κ1) is 12.5. The molecule has 4 nitrogen and oxygen atoms in total. The minimum Gasteiger partial charge on any atom is -0.370 e.